The number of allylic oxidation sites excluding steroid dienone is 4. The summed E-state index contributed by atoms with van der Waals surface area (Å²) < 4.78 is 12.9. The summed E-state index contributed by atoms with van der Waals surface area (Å²) in [5.41, 5.74) is 4.27. The Balaban J connectivity index is 1.97. The SMILES string of the molecule is Fc1ccc(C#CC2=CC=CCc3ccccc32)cc1. The van der Waals surface area contributed by atoms with Crippen molar-refractivity contribution >= 4 is 5.57 Å². The van der Waals surface area contributed by atoms with Crippen LogP contribution in [0.4, 0.5) is 4.39 Å². The van der Waals surface area contributed by atoms with Crippen molar-refractivity contribution in [1.29, 1.82) is 0 Å². The monoisotopic (exact) mass is 260 g/mol. The second-order valence-electron chi connectivity index (χ2n) is 4.63. The molecule has 0 spiro atoms. The van der Waals surface area contributed by atoms with Gasteiger partial charge in [0.25, 0.3) is 0 Å². The van der Waals surface area contributed by atoms with Crippen molar-refractivity contribution in [1.82, 2.24) is 0 Å². The van der Waals surface area contributed by atoms with Crippen molar-refractivity contribution in [2.75, 3.05) is 0 Å². The van der Waals surface area contributed by atoms with Crippen LogP contribution in [0, 0.1) is 17.7 Å². The molecule has 0 heterocycles. The van der Waals surface area contributed by atoms with Gasteiger partial charge in [-0.3, -0.25) is 0 Å². The average Bonchev–Trinajstić information content (AvgIpc) is 2.69. The van der Waals surface area contributed by atoms with E-state index in [1.54, 1.807) is 12.1 Å². The van der Waals surface area contributed by atoms with E-state index in [9.17, 15) is 4.39 Å². The molecule has 2 aromatic carbocycles. The number of hydrogen-bond acceptors (Lipinski definition) is 0. The Labute approximate surface area is 118 Å². The van der Waals surface area contributed by atoms with Gasteiger partial charge in [0.2, 0.25) is 0 Å². The molecule has 2 aromatic rings. The van der Waals surface area contributed by atoms with Crippen LogP contribution < -0.4 is 0 Å². The minimum Gasteiger partial charge on any atom is -0.207 e. The molecule has 0 bridgehead atoms. The second kappa shape index (κ2) is 5.59. The molecule has 0 radical (unpaired) electrons. The van der Waals surface area contributed by atoms with Gasteiger partial charge in [-0.2, -0.15) is 0 Å². The fourth-order valence-corrected chi connectivity index (χ4v) is 2.19. The van der Waals surface area contributed by atoms with Crippen molar-refractivity contribution in [3.63, 3.8) is 0 Å². The van der Waals surface area contributed by atoms with E-state index in [-0.39, 0.29) is 5.82 Å². The van der Waals surface area contributed by atoms with Crippen LogP contribution in [0.5, 0.6) is 0 Å². The molecule has 1 aliphatic carbocycles. The molecule has 96 valence electrons. The van der Waals surface area contributed by atoms with E-state index in [0.717, 1.165) is 17.6 Å². The predicted molar refractivity (Wildman–Crippen MR) is 80.5 cm³/mol. The van der Waals surface area contributed by atoms with Crippen molar-refractivity contribution < 1.29 is 4.39 Å². The maximum atomic E-state index is 12.9. The summed E-state index contributed by atoms with van der Waals surface area (Å²) in [6, 6.07) is 14.5. The van der Waals surface area contributed by atoms with Crippen LogP contribution in [0.1, 0.15) is 16.7 Å². The molecule has 0 saturated carbocycles. The molecular formula is C19H13F. The number of halogens is 1. The summed E-state index contributed by atoms with van der Waals surface area (Å²) in [6.07, 6.45) is 7.12. The molecule has 20 heavy (non-hydrogen) atoms. The molecule has 0 aliphatic heterocycles. The van der Waals surface area contributed by atoms with E-state index >= 15 is 0 Å². The summed E-state index contributed by atoms with van der Waals surface area (Å²) >= 11 is 0. The number of benzene rings is 2. The average molecular weight is 260 g/mol. The molecule has 0 N–H and O–H groups in total. The minimum absolute atomic E-state index is 0.238. The highest BCUT2D eigenvalue weighted by Crippen LogP contribution is 2.22. The van der Waals surface area contributed by atoms with Gasteiger partial charge in [0.15, 0.2) is 0 Å². The topological polar surface area (TPSA) is 0 Å². The van der Waals surface area contributed by atoms with E-state index in [1.807, 2.05) is 24.3 Å². The third kappa shape index (κ3) is 2.70. The van der Waals surface area contributed by atoms with Crippen molar-refractivity contribution in [3.8, 4) is 11.8 Å². The third-order valence-electron chi connectivity index (χ3n) is 3.23. The van der Waals surface area contributed by atoms with Crippen LogP contribution in [0.15, 0.2) is 66.8 Å². The lowest BCUT2D eigenvalue weighted by Gasteiger charge is -2.04. The predicted octanol–water partition coefficient (Wildman–Crippen LogP) is 4.37. The molecule has 0 atom stereocenters. The number of hydrogen-bond donors (Lipinski definition) is 0. The molecule has 1 aliphatic rings. The molecular weight excluding hydrogens is 247 g/mol. The van der Waals surface area contributed by atoms with Gasteiger partial charge >= 0.3 is 0 Å². The quantitative estimate of drug-likeness (QED) is 0.617. The van der Waals surface area contributed by atoms with Crippen molar-refractivity contribution in [2.45, 2.75) is 6.42 Å². The number of fused-ring (bicyclic) bond motifs is 1. The van der Waals surface area contributed by atoms with Gasteiger partial charge in [-0.15, -0.1) is 0 Å². The fraction of sp³-hybridized carbons (Fsp3) is 0.0526. The molecule has 0 nitrogen and oxygen atoms in total. The van der Waals surface area contributed by atoms with E-state index in [0.29, 0.717) is 0 Å². The Morgan fingerprint density at radius 2 is 1.70 bits per heavy atom. The van der Waals surface area contributed by atoms with Gasteiger partial charge in [0, 0.05) is 11.1 Å². The van der Waals surface area contributed by atoms with Crippen LogP contribution in [0.25, 0.3) is 5.57 Å². The molecule has 1 heteroatoms. The summed E-state index contributed by atoms with van der Waals surface area (Å²) in [6.45, 7) is 0. The molecule has 0 amide bonds. The lowest BCUT2D eigenvalue weighted by Crippen LogP contribution is -1.89. The first-order chi connectivity index (χ1) is 9.83. The van der Waals surface area contributed by atoms with Gasteiger partial charge in [-0.05, 0) is 47.9 Å². The lowest BCUT2D eigenvalue weighted by molar-refractivity contribution is 0.627. The van der Waals surface area contributed by atoms with Crippen molar-refractivity contribution in [2.24, 2.45) is 0 Å². The van der Waals surface area contributed by atoms with Gasteiger partial charge in [-0.25, -0.2) is 4.39 Å². The molecule has 0 unspecified atom stereocenters. The van der Waals surface area contributed by atoms with E-state index < -0.39 is 0 Å². The standard InChI is InChI=1S/C19H13F/c20-18-13-10-15(11-14-18)9-12-17-7-2-1-5-16-6-3-4-8-19(16)17/h1-4,6-8,10-11,13-14H,5H2. The first-order valence-corrected chi connectivity index (χ1v) is 6.55. The van der Waals surface area contributed by atoms with Crippen molar-refractivity contribution in [3.05, 3.63) is 89.3 Å². The highest BCUT2D eigenvalue weighted by molar-refractivity contribution is 5.83. The number of rotatable bonds is 0. The zero-order valence-electron chi connectivity index (χ0n) is 10.9. The largest absolute Gasteiger partial charge is 0.207 e. The van der Waals surface area contributed by atoms with E-state index in [2.05, 4.69) is 30.0 Å². The first kappa shape index (κ1) is 12.4. The highest BCUT2D eigenvalue weighted by Gasteiger charge is 2.05. The summed E-state index contributed by atoms with van der Waals surface area (Å²) in [4.78, 5) is 0. The first-order valence-electron chi connectivity index (χ1n) is 6.55. The smallest absolute Gasteiger partial charge is 0.123 e. The normalized spacial score (nSPS) is 12.8. The van der Waals surface area contributed by atoms with Crippen LogP contribution >= 0.6 is 0 Å². The minimum atomic E-state index is -0.238. The molecule has 0 fully saturated rings. The summed E-state index contributed by atoms with van der Waals surface area (Å²) in [5, 5.41) is 0. The molecule has 3 rings (SSSR count). The van der Waals surface area contributed by atoms with E-state index in [4.69, 9.17) is 0 Å². The highest BCUT2D eigenvalue weighted by atomic mass is 19.1. The van der Waals surface area contributed by atoms with Gasteiger partial charge in [0.1, 0.15) is 5.82 Å². The third-order valence-corrected chi connectivity index (χ3v) is 3.23. The van der Waals surface area contributed by atoms with Crippen LogP contribution in [-0.4, -0.2) is 0 Å². The molecule has 0 aromatic heterocycles. The Morgan fingerprint density at radius 3 is 2.55 bits per heavy atom. The van der Waals surface area contributed by atoms with Crippen LogP contribution in [-0.2, 0) is 6.42 Å². The zero-order valence-corrected chi connectivity index (χ0v) is 10.9. The van der Waals surface area contributed by atoms with Gasteiger partial charge < -0.3 is 0 Å². The van der Waals surface area contributed by atoms with E-state index in [1.165, 1.54) is 23.3 Å². The second-order valence-corrected chi connectivity index (χ2v) is 4.63. The van der Waals surface area contributed by atoms with Crippen LogP contribution in [0.2, 0.25) is 0 Å². The molecule has 0 saturated heterocycles. The van der Waals surface area contributed by atoms with Crippen LogP contribution in [0.3, 0.4) is 0 Å². The Kier molecular flexibility index (Phi) is 3.48. The Bertz CT molecular complexity index is 737. The summed E-state index contributed by atoms with van der Waals surface area (Å²) in [5.74, 6) is 6.04. The lowest BCUT2D eigenvalue weighted by atomic mass is 9.99. The van der Waals surface area contributed by atoms with Gasteiger partial charge in [-0.1, -0.05) is 48.3 Å². The fourth-order valence-electron chi connectivity index (χ4n) is 2.19. The maximum absolute atomic E-state index is 12.9. The Hall–Kier alpha value is -2.59. The van der Waals surface area contributed by atoms with Gasteiger partial charge in [0.05, 0.1) is 0 Å². The Morgan fingerprint density at radius 1 is 0.900 bits per heavy atom. The maximum Gasteiger partial charge on any atom is 0.123 e. The summed E-state index contributed by atoms with van der Waals surface area (Å²) in [7, 11) is 0. The zero-order chi connectivity index (χ0) is 13.8.